The average molecular weight is 353 g/mol. The number of amides is 1. The molecule has 3 rings (SSSR count). The summed E-state index contributed by atoms with van der Waals surface area (Å²) in [6.07, 6.45) is 3.66. The number of anilines is 1. The molecule has 0 aliphatic carbocycles. The highest BCUT2D eigenvalue weighted by molar-refractivity contribution is 5.92. The lowest BCUT2D eigenvalue weighted by Gasteiger charge is -2.21. The Kier molecular flexibility index (Phi) is 5.26. The number of halogens is 1. The molecule has 0 unspecified atom stereocenters. The molecule has 7 heteroatoms. The highest BCUT2D eigenvalue weighted by Crippen LogP contribution is 2.24. The van der Waals surface area contributed by atoms with Crippen LogP contribution in [0.25, 0.3) is 0 Å². The number of nitrogens with one attached hydrogen (secondary N) is 1. The fourth-order valence-corrected chi connectivity index (χ4v) is 2.58. The minimum Gasteiger partial charge on any atom is -0.340 e. The SMILES string of the molecule is CN1C=CN(C)C1N=Nc1cc(NC(=O)Cc2ccccc2)ccc1F. The van der Waals surface area contributed by atoms with Gasteiger partial charge >= 0.3 is 0 Å². The van der Waals surface area contributed by atoms with Crippen LogP contribution in [0.15, 0.2) is 71.2 Å². The Morgan fingerprint density at radius 3 is 2.50 bits per heavy atom. The largest absolute Gasteiger partial charge is 0.340 e. The van der Waals surface area contributed by atoms with Crippen LogP contribution in [0, 0.1) is 5.82 Å². The van der Waals surface area contributed by atoms with Gasteiger partial charge in [0.1, 0.15) is 5.69 Å². The number of hydrogen-bond acceptors (Lipinski definition) is 5. The Labute approximate surface area is 151 Å². The fraction of sp³-hybridized carbons (Fsp3) is 0.211. The number of carbonyl (C=O) groups is 1. The van der Waals surface area contributed by atoms with E-state index in [0.29, 0.717) is 5.69 Å². The zero-order valence-corrected chi connectivity index (χ0v) is 14.6. The van der Waals surface area contributed by atoms with Gasteiger partial charge in [-0.05, 0) is 23.8 Å². The standard InChI is InChI=1S/C19H20FN5O/c1-24-10-11-25(2)19(24)23-22-17-13-15(8-9-16(17)20)21-18(26)12-14-6-4-3-5-7-14/h3-11,13,19H,12H2,1-2H3,(H,21,26). The summed E-state index contributed by atoms with van der Waals surface area (Å²) in [7, 11) is 3.72. The van der Waals surface area contributed by atoms with Gasteiger partial charge in [0.05, 0.1) is 6.42 Å². The summed E-state index contributed by atoms with van der Waals surface area (Å²) in [6.45, 7) is 0. The molecule has 0 fully saturated rings. The average Bonchev–Trinajstić information content (AvgIpc) is 2.94. The molecule has 2 aromatic carbocycles. The van der Waals surface area contributed by atoms with Gasteiger partial charge in [-0.25, -0.2) is 4.39 Å². The van der Waals surface area contributed by atoms with Crippen molar-refractivity contribution in [2.45, 2.75) is 12.7 Å². The number of hydrogen-bond donors (Lipinski definition) is 1. The molecule has 0 atom stereocenters. The smallest absolute Gasteiger partial charge is 0.228 e. The first kappa shape index (κ1) is 17.6. The quantitative estimate of drug-likeness (QED) is 0.834. The van der Waals surface area contributed by atoms with Gasteiger partial charge in [0.15, 0.2) is 5.82 Å². The van der Waals surface area contributed by atoms with E-state index in [9.17, 15) is 9.18 Å². The summed E-state index contributed by atoms with van der Waals surface area (Å²) < 4.78 is 14.0. The van der Waals surface area contributed by atoms with Gasteiger partial charge in [-0.1, -0.05) is 30.3 Å². The summed E-state index contributed by atoms with van der Waals surface area (Å²) in [6, 6.07) is 13.7. The van der Waals surface area contributed by atoms with Crippen LogP contribution in [0.1, 0.15) is 5.56 Å². The van der Waals surface area contributed by atoms with Gasteiger partial charge < -0.3 is 15.1 Å². The van der Waals surface area contributed by atoms with E-state index < -0.39 is 5.82 Å². The third kappa shape index (κ3) is 4.24. The Morgan fingerprint density at radius 1 is 1.12 bits per heavy atom. The fourth-order valence-electron chi connectivity index (χ4n) is 2.58. The zero-order chi connectivity index (χ0) is 18.5. The molecule has 0 radical (unpaired) electrons. The minimum absolute atomic E-state index is 0.0798. The van der Waals surface area contributed by atoms with Crippen molar-refractivity contribution >= 4 is 17.3 Å². The summed E-state index contributed by atoms with van der Waals surface area (Å²) in [5, 5.41) is 10.9. The Morgan fingerprint density at radius 2 is 1.81 bits per heavy atom. The molecular weight excluding hydrogens is 333 g/mol. The molecule has 0 saturated heterocycles. The molecule has 0 bridgehead atoms. The van der Waals surface area contributed by atoms with Crippen molar-refractivity contribution < 1.29 is 9.18 Å². The van der Waals surface area contributed by atoms with Crippen LogP contribution in [0.4, 0.5) is 15.8 Å². The van der Waals surface area contributed by atoms with Gasteiger partial charge in [0.25, 0.3) is 0 Å². The van der Waals surface area contributed by atoms with E-state index >= 15 is 0 Å². The third-order valence-electron chi connectivity index (χ3n) is 3.97. The number of azo groups is 1. The highest BCUT2D eigenvalue weighted by Gasteiger charge is 2.19. The van der Waals surface area contributed by atoms with Crippen LogP contribution in [0.5, 0.6) is 0 Å². The van der Waals surface area contributed by atoms with Gasteiger partial charge in [0, 0.05) is 32.2 Å². The zero-order valence-electron chi connectivity index (χ0n) is 14.6. The lowest BCUT2D eigenvalue weighted by atomic mass is 10.1. The van der Waals surface area contributed by atoms with Gasteiger partial charge in [0.2, 0.25) is 12.2 Å². The van der Waals surface area contributed by atoms with E-state index in [0.717, 1.165) is 5.56 Å². The molecule has 0 spiro atoms. The topological polar surface area (TPSA) is 60.3 Å². The van der Waals surface area contributed by atoms with Crippen molar-refractivity contribution in [1.82, 2.24) is 9.80 Å². The van der Waals surface area contributed by atoms with Gasteiger partial charge in [-0.15, -0.1) is 10.2 Å². The summed E-state index contributed by atoms with van der Waals surface area (Å²) in [4.78, 5) is 15.9. The predicted octanol–water partition coefficient (Wildman–Crippen LogP) is 3.72. The summed E-state index contributed by atoms with van der Waals surface area (Å²) in [5.74, 6) is -0.670. The Bertz CT molecular complexity index is 825. The molecule has 2 aromatic rings. The van der Waals surface area contributed by atoms with Crippen LogP contribution < -0.4 is 5.32 Å². The molecule has 1 heterocycles. The van der Waals surface area contributed by atoms with Crippen LogP contribution in [0.3, 0.4) is 0 Å². The first-order chi connectivity index (χ1) is 12.5. The van der Waals surface area contributed by atoms with E-state index in [1.807, 2.05) is 66.6 Å². The molecule has 26 heavy (non-hydrogen) atoms. The van der Waals surface area contributed by atoms with Crippen molar-refractivity contribution in [3.8, 4) is 0 Å². The van der Waals surface area contributed by atoms with Crippen molar-refractivity contribution in [3.05, 3.63) is 72.3 Å². The lowest BCUT2D eigenvalue weighted by Crippen LogP contribution is -2.31. The van der Waals surface area contributed by atoms with Crippen LogP contribution in [0.2, 0.25) is 0 Å². The molecule has 1 aliphatic heterocycles. The van der Waals surface area contributed by atoms with Crippen molar-refractivity contribution in [2.75, 3.05) is 19.4 Å². The second-order valence-electron chi connectivity index (χ2n) is 6.07. The molecular formula is C19H20FN5O. The van der Waals surface area contributed by atoms with E-state index in [1.54, 1.807) is 0 Å². The summed E-state index contributed by atoms with van der Waals surface area (Å²) in [5.41, 5.74) is 1.47. The Balaban J connectivity index is 1.68. The third-order valence-corrected chi connectivity index (χ3v) is 3.97. The van der Waals surface area contributed by atoms with Crippen LogP contribution in [-0.2, 0) is 11.2 Å². The maximum atomic E-state index is 14.0. The van der Waals surface area contributed by atoms with E-state index in [1.165, 1.54) is 18.2 Å². The number of rotatable bonds is 5. The lowest BCUT2D eigenvalue weighted by molar-refractivity contribution is -0.115. The van der Waals surface area contributed by atoms with Gasteiger partial charge in [-0.3, -0.25) is 4.79 Å². The van der Waals surface area contributed by atoms with E-state index in [-0.39, 0.29) is 24.3 Å². The van der Waals surface area contributed by atoms with Crippen molar-refractivity contribution in [3.63, 3.8) is 0 Å². The number of benzene rings is 2. The molecule has 6 nitrogen and oxygen atoms in total. The minimum atomic E-state index is -0.494. The summed E-state index contributed by atoms with van der Waals surface area (Å²) >= 11 is 0. The molecule has 0 saturated carbocycles. The van der Waals surface area contributed by atoms with E-state index in [4.69, 9.17) is 0 Å². The maximum absolute atomic E-state index is 14.0. The molecule has 134 valence electrons. The molecule has 0 aromatic heterocycles. The molecule has 1 N–H and O–H groups in total. The first-order valence-electron chi connectivity index (χ1n) is 8.19. The van der Waals surface area contributed by atoms with Crippen molar-refractivity contribution in [1.29, 1.82) is 0 Å². The van der Waals surface area contributed by atoms with Gasteiger partial charge in [-0.2, -0.15) is 0 Å². The first-order valence-corrected chi connectivity index (χ1v) is 8.19. The normalized spacial score (nSPS) is 14.4. The second-order valence-corrected chi connectivity index (χ2v) is 6.07. The monoisotopic (exact) mass is 353 g/mol. The second kappa shape index (κ2) is 7.77. The molecule has 1 amide bonds. The van der Waals surface area contributed by atoms with Crippen LogP contribution >= 0.6 is 0 Å². The number of carbonyl (C=O) groups excluding carboxylic acids is 1. The number of nitrogens with zero attached hydrogens (tertiary/aromatic N) is 4. The van der Waals surface area contributed by atoms with Crippen molar-refractivity contribution in [2.24, 2.45) is 10.2 Å². The Hall–Kier alpha value is -3.22. The highest BCUT2D eigenvalue weighted by atomic mass is 19.1. The maximum Gasteiger partial charge on any atom is 0.228 e. The van der Waals surface area contributed by atoms with E-state index in [2.05, 4.69) is 15.5 Å². The molecule has 1 aliphatic rings. The predicted molar refractivity (Wildman–Crippen MR) is 98.1 cm³/mol. The van der Waals surface area contributed by atoms with Crippen LogP contribution in [-0.4, -0.2) is 36.1 Å².